The van der Waals surface area contributed by atoms with Crippen LogP contribution >= 0.6 is 0 Å². The van der Waals surface area contributed by atoms with Gasteiger partial charge in [-0.05, 0) is 12.1 Å². The Balaban J connectivity index is 2.47. The van der Waals surface area contributed by atoms with Gasteiger partial charge in [-0.25, -0.2) is 8.78 Å². The standard InChI is InChI=1S/C13H12F2N2O/c1-18-11-4-2-3-9(12(11)15)13(16)8-5-6-17-7-10(8)14/h2-7,13H,16H2,1H3. The van der Waals surface area contributed by atoms with Crippen molar-refractivity contribution >= 4 is 0 Å². The van der Waals surface area contributed by atoms with Crippen LogP contribution in [0, 0.1) is 11.6 Å². The van der Waals surface area contributed by atoms with Crippen molar-refractivity contribution in [3.63, 3.8) is 0 Å². The fourth-order valence-electron chi connectivity index (χ4n) is 1.73. The Morgan fingerprint density at radius 2 is 2.00 bits per heavy atom. The fraction of sp³-hybridized carbons (Fsp3) is 0.154. The summed E-state index contributed by atoms with van der Waals surface area (Å²) in [5, 5.41) is 0. The number of halogens is 2. The molecule has 18 heavy (non-hydrogen) atoms. The maximum atomic E-state index is 14.0. The van der Waals surface area contributed by atoms with Gasteiger partial charge in [0.1, 0.15) is 5.82 Å². The highest BCUT2D eigenvalue weighted by atomic mass is 19.1. The van der Waals surface area contributed by atoms with Crippen LogP contribution in [-0.2, 0) is 0 Å². The highest BCUT2D eigenvalue weighted by Crippen LogP contribution is 2.28. The number of pyridine rings is 1. The lowest BCUT2D eigenvalue weighted by Crippen LogP contribution is -2.15. The summed E-state index contributed by atoms with van der Waals surface area (Å²) in [6, 6.07) is 5.12. The van der Waals surface area contributed by atoms with Crippen molar-refractivity contribution in [1.29, 1.82) is 0 Å². The summed E-state index contributed by atoms with van der Waals surface area (Å²) in [7, 11) is 1.36. The Bertz CT molecular complexity index is 560. The minimum absolute atomic E-state index is 0.0809. The maximum absolute atomic E-state index is 14.0. The van der Waals surface area contributed by atoms with Gasteiger partial charge in [-0.3, -0.25) is 4.98 Å². The third kappa shape index (κ3) is 2.17. The molecule has 0 saturated carbocycles. The molecule has 1 atom stereocenters. The first-order valence-electron chi connectivity index (χ1n) is 5.32. The first-order valence-corrected chi connectivity index (χ1v) is 5.32. The topological polar surface area (TPSA) is 48.1 Å². The number of hydrogen-bond acceptors (Lipinski definition) is 3. The van der Waals surface area contributed by atoms with Crippen LogP contribution in [-0.4, -0.2) is 12.1 Å². The first-order chi connectivity index (χ1) is 8.65. The molecule has 2 N–H and O–H groups in total. The zero-order valence-corrected chi connectivity index (χ0v) is 9.73. The number of hydrogen-bond donors (Lipinski definition) is 1. The molecular weight excluding hydrogens is 238 g/mol. The Labute approximate surface area is 103 Å². The normalized spacial score (nSPS) is 12.2. The van der Waals surface area contributed by atoms with E-state index in [-0.39, 0.29) is 16.9 Å². The van der Waals surface area contributed by atoms with E-state index < -0.39 is 17.7 Å². The molecule has 1 heterocycles. The molecule has 3 nitrogen and oxygen atoms in total. The zero-order valence-electron chi connectivity index (χ0n) is 9.73. The van der Waals surface area contributed by atoms with Crippen LogP contribution in [0.4, 0.5) is 8.78 Å². The fourth-order valence-corrected chi connectivity index (χ4v) is 1.73. The number of methoxy groups -OCH3 is 1. The zero-order chi connectivity index (χ0) is 13.1. The minimum Gasteiger partial charge on any atom is -0.494 e. The molecule has 94 valence electrons. The van der Waals surface area contributed by atoms with Crippen LogP contribution in [0.25, 0.3) is 0 Å². The second-order valence-electron chi connectivity index (χ2n) is 3.74. The molecule has 0 aliphatic carbocycles. The number of ether oxygens (including phenoxy) is 1. The Hall–Kier alpha value is -2.01. The largest absolute Gasteiger partial charge is 0.494 e. The number of benzene rings is 1. The van der Waals surface area contributed by atoms with Crippen LogP contribution in [0.15, 0.2) is 36.7 Å². The molecule has 5 heteroatoms. The van der Waals surface area contributed by atoms with Gasteiger partial charge in [-0.2, -0.15) is 0 Å². The van der Waals surface area contributed by atoms with Gasteiger partial charge in [-0.1, -0.05) is 12.1 Å². The van der Waals surface area contributed by atoms with Crippen molar-refractivity contribution in [3.05, 3.63) is 59.4 Å². The third-order valence-electron chi connectivity index (χ3n) is 2.69. The smallest absolute Gasteiger partial charge is 0.170 e. The van der Waals surface area contributed by atoms with E-state index in [1.807, 2.05) is 0 Å². The van der Waals surface area contributed by atoms with Gasteiger partial charge < -0.3 is 10.5 Å². The van der Waals surface area contributed by atoms with Crippen molar-refractivity contribution in [2.24, 2.45) is 5.73 Å². The molecule has 0 fully saturated rings. The molecule has 0 aliphatic rings. The number of rotatable bonds is 3. The Morgan fingerprint density at radius 3 is 2.67 bits per heavy atom. The molecule has 0 amide bonds. The predicted molar refractivity (Wildman–Crippen MR) is 63.2 cm³/mol. The van der Waals surface area contributed by atoms with Gasteiger partial charge in [0.25, 0.3) is 0 Å². The quantitative estimate of drug-likeness (QED) is 0.910. The van der Waals surface area contributed by atoms with E-state index in [4.69, 9.17) is 10.5 Å². The Morgan fingerprint density at radius 1 is 1.22 bits per heavy atom. The molecule has 1 aromatic heterocycles. The van der Waals surface area contributed by atoms with E-state index in [1.165, 1.54) is 31.5 Å². The van der Waals surface area contributed by atoms with Gasteiger partial charge in [0, 0.05) is 17.3 Å². The molecule has 2 rings (SSSR count). The summed E-state index contributed by atoms with van der Waals surface area (Å²) in [5.74, 6) is -1.06. The average Bonchev–Trinajstić information content (AvgIpc) is 2.39. The van der Waals surface area contributed by atoms with Gasteiger partial charge in [0.2, 0.25) is 0 Å². The highest BCUT2D eigenvalue weighted by molar-refractivity contribution is 5.37. The summed E-state index contributed by atoms with van der Waals surface area (Å²) < 4.78 is 32.4. The minimum atomic E-state index is -0.900. The van der Waals surface area contributed by atoms with Crippen molar-refractivity contribution in [1.82, 2.24) is 4.98 Å². The number of nitrogens with zero attached hydrogens (tertiary/aromatic N) is 1. The molecule has 0 bridgehead atoms. The summed E-state index contributed by atoms with van der Waals surface area (Å²) in [6.45, 7) is 0. The van der Waals surface area contributed by atoms with E-state index in [0.717, 1.165) is 6.20 Å². The SMILES string of the molecule is COc1cccc(C(N)c2ccncc2F)c1F. The molecular formula is C13H12F2N2O. The van der Waals surface area contributed by atoms with Gasteiger partial charge in [0.05, 0.1) is 19.3 Å². The molecule has 0 aliphatic heterocycles. The summed E-state index contributed by atoms with van der Waals surface area (Å²) in [6.07, 6.45) is 2.46. The summed E-state index contributed by atoms with van der Waals surface area (Å²) in [5.41, 5.74) is 6.25. The molecule has 0 saturated heterocycles. The number of nitrogens with two attached hydrogens (primary N) is 1. The highest BCUT2D eigenvalue weighted by Gasteiger charge is 2.19. The molecule has 2 aromatic rings. The lowest BCUT2D eigenvalue weighted by Gasteiger charge is -2.15. The van der Waals surface area contributed by atoms with Crippen LogP contribution < -0.4 is 10.5 Å². The van der Waals surface area contributed by atoms with E-state index >= 15 is 0 Å². The monoisotopic (exact) mass is 250 g/mol. The van der Waals surface area contributed by atoms with E-state index in [1.54, 1.807) is 6.07 Å². The van der Waals surface area contributed by atoms with Gasteiger partial charge >= 0.3 is 0 Å². The lowest BCUT2D eigenvalue weighted by molar-refractivity contribution is 0.383. The van der Waals surface area contributed by atoms with Crippen LogP contribution in [0.1, 0.15) is 17.2 Å². The van der Waals surface area contributed by atoms with E-state index in [0.29, 0.717) is 0 Å². The van der Waals surface area contributed by atoms with Crippen LogP contribution in [0.2, 0.25) is 0 Å². The summed E-state index contributed by atoms with van der Waals surface area (Å²) in [4.78, 5) is 3.63. The van der Waals surface area contributed by atoms with Gasteiger partial charge in [-0.15, -0.1) is 0 Å². The third-order valence-corrected chi connectivity index (χ3v) is 2.69. The second kappa shape index (κ2) is 5.10. The predicted octanol–water partition coefficient (Wildman–Crippen LogP) is 2.42. The molecule has 0 radical (unpaired) electrons. The van der Waals surface area contributed by atoms with Crippen LogP contribution in [0.5, 0.6) is 5.75 Å². The van der Waals surface area contributed by atoms with E-state index in [9.17, 15) is 8.78 Å². The van der Waals surface area contributed by atoms with Crippen molar-refractivity contribution < 1.29 is 13.5 Å². The lowest BCUT2D eigenvalue weighted by atomic mass is 9.99. The van der Waals surface area contributed by atoms with Crippen molar-refractivity contribution in [2.45, 2.75) is 6.04 Å². The van der Waals surface area contributed by atoms with Gasteiger partial charge in [0.15, 0.2) is 11.6 Å². The van der Waals surface area contributed by atoms with Crippen molar-refractivity contribution in [2.75, 3.05) is 7.11 Å². The maximum Gasteiger partial charge on any atom is 0.170 e. The second-order valence-corrected chi connectivity index (χ2v) is 3.74. The molecule has 0 spiro atoms. The average molecular weight is 250 g/mol. The first kappa shape index (κ1) is 12.4. The summed E-state index contributed by atoms with van der Waals surface area (Å²) >= 11 is 0. The van der Waals surface area contributed by atoms with Crippen molar-refractivity contribution in [3.8, 4) is 5.75 Å². The molecule has 1 unspecified atom stereocenters. The molecule has 1 aromatic carbocycles. The number of aromatic nitrogens is 1. The Kier molecular flexibility index (Phi) is 3.53. The van der Waals surface area contributed by atoms with E-state index in [2.05, 4.69) is 4.98 Å². The van der Waals surface area contributed by atoms with Crippen LogP contribution in [0.3, 0.4) is 0 Å².